The van der Waals surface area contributed by atoms with Crippen molar-refractivity contribution in [2.24, 2.45) is 0 Å². The third-order valence-corrected chi connectivity index (χ3v) is 7.97. The van der Waals surface area contributed by atoms with Crippen LogP contribution < -0.4 is 0 Å². The quantitative estimate of drug-likeness (QED) is 0.251. The Morgan fingerprint density at radius 3 is 2.32 bits per heavy atom. The number of esters is 3. The molecule has 1 saturated heterocycles. The molecule has 1 aromatic carbocycles. The highest BCUT2D eigenvalue weighted by Crippen LogP contribution is 2.42. The zero-order valence-corrected chi connectivity index (χ0v) is 23.2. The smallest absolute Gasteiger partial charge is 0.303 e. The molecule has 1 aliphatic heterocycles. The summed E-state index contributed by atoms with van der Waals surface area (Å²) >= 11 is 1.26. The lowest BCUT2D eigenvalue weighted by atomic mass is 9.96. The number of carbonyl (C=O) groups is 4. The van der Waals surface area contributed by atoms with Crippen LogP contribution in [0.2, 0.25) is 0 Å². The molecule has 0 N–H and O–H groups in total. The fourth-order valence-corrected chi connectivity index (χ4v) is 6.38. The van der Waals surface area contributed by atoms with Gasteiger partial charge in [0, 0.05) is 44.4 Å². The molecule has 1 saturated carbocycles. The number of thioether (sulfide) groups is 1. The first-order chi connectivity index (χ1) is 19.4. The maximum atomic E-state index is 13.9. The van der Waals surface area contributed by atoms with Gasteiger partial charge in [0.15, 0.2) is 29.7 Å². The number of hydrogen-bond donors (Lipinski definition) is 0. The predicted molar refractivity (Wildman–Crippen MR) is 136 cm³/mol. The first-order valence-corrected chi connectivity index (χ1v) is 13.7. The Morgan fingerprint density at radius 2 is 1.71 bits per heavy atom. The van der Waals surface area contributed by atoms with Gasteiger partial charge in [0.05, 0.1) is 6.20 Å². The minimum absolute atomic E-state index is 0.0592. The average Bonchev–Trinajstić information content (AvgIpc) is 3.37. The summed E-state index contributed by atoms with van der Waals surface area (Å²) in [6, 6.07) is 0.364. The van der Waals surface area contributed by atoms with Crippen LogP contribution >= 0.6 is 11.8 Å². The number of ether oxygens (including phenoxy) is 4. The highest BCUT2D eigenvalue weighted by atomic mass is 32.2. The molecule has 41 heavy (non-hydrogen) atoms. The molecule has 0 amide bonds. The molecule has 0 bridgehead atoms. The van der Waals surface area contributed by atoms with Crippen molar-refractivity contribution in [2.75, 3.05) is 6.61 Å². The van der Waals surface area contributed by atoms with Crippen LogP contribution in [0.25, 0.3) is 11.3 Å². The fourth-order valence-electron chi connectivity index (χ4n) is 4.84. The zero-order valence-electron chi connectivity index (χ0n) is 22.4. The van der Waals surface area contributed by atoms with Gasteiger partial charge < -0.3 is 18.9 Å². The van der Waals surface area contributed by atoms with Crippen molar-refractivity contribution in [3.05, 3.63) is 35.8 Å². The number of benzene rings is 1. The summed E-state index contributed by atoms with van der Waals surface area (Å²) in [5, 5.41) is 7.83. The second-order valence-electron chi connectivity index (χ2n) is 9.71. The number of halogens is 3. The lowest BCUT2D eigenvalue weighted by molar-refractivity contribution is -0.212. The van der Waals surface area contributed by atoms with Gasteiger partial charge in [0.25, 0.3) is 0 Å². The van der Waals surface area contributed by atoms with Crippen molar-refractivity contribution >= 4 is 35.5 Å². The normalized spacial score (nSPS) is 26.3. The molecule has 1 aromatic heterocycles. The molecule has 1 unspecified atom stereocenters. The zero-order chi connectivity index (χ0) is 29.8. The monoisotopic (exact) mass is 599 g/mol. The maximum absolute atomic E-state index is 13.9. The van der Waals surface area contributed by atoms with Gasteiger partial charge in [0.1, 0.15) is 35.7 Å². The van der Waals surface area contributed by atoms with E-state index in [1.165, 1.54) is 36.5 Å². The number of Topliss-reactive ketones (excluding diaryl/α,β-unsaturated/α-hetero) is 1. The van der Waals surface area contributed by atoms with E-state index in [2.05, 4.69) is 10.3 Å². The Morgan fingerprint density at radius 1 is 1.05 bits per heavy atom. The Balaban J connectivity index is 1.77. The molecule has 6 atom stereocenters. The van der Waals surface area contributed by atoms with E-state index in [1.54, 1.807) is 0 Å². The van der Waals surface area contributed by atoms with Gasteiger partial charge >= 0.3 is 17.9 Å². The van der Waals surface area contributed by atoms with Crippen LogP contribution in [0.4, 0.5) is 13.2 Å². The lowest BCUT2D eigenvalue weighted by Crippen LogP contribution is -2.58. The number of aromatic nitrogens is 3. The lowest BCUT2D eigenvalue weighted by Gasteiger charge is -2.45. The number of carbonyl (C=O) groups excluding carboxylic acids is 4. The summed E-state index contributed by atoms with van der Waals surface area (Å²) in [5.41, 5.74) is -1.12. The van der Waals surface area contributed by atoms with E-state index in [0.717, 1.165) is 19.1 Å². The SMILES string of the molecule is CC(=O)OC[C@H]1O[C@H](SC2CCCC(=O)C2)[C@H](OC(C)=O)[C@@H](n2cc(-c3cc(F)c(F)c(F)c3)nn2)[C@H]1OC(C)=O. The van der Waals surface area contributed by atoms with E-state index in [4.69, 9.17) is 18.9 Å². The van der Waals surface area contributed by atoms with Crippen LogP contribution in [-0.4, -0.2) is 74.3 Å². The highest BCUT2D eigenvalue weighted by Gasteiger charge is 2.52. The fraction of sp³-hybridized carbons (Fsp3) is 0.538. The number of rotatable bonds is 8. The number of hydrogen-bond acceptors (Lipinski definition) is 11. The molecule has 15 heteroatoms. The van der Waals surface area contributed by atoms with Crippen LogP contribution in [0.5, 0.6) is 0 Å². The topological polar surface area (TPSA) is 136 Å². The molecule has 2 heterocycles. The van der Waals surface area contributed by atoms with Gasteiger partial charge in [-0.2, -0.15) is 0 Å². The Labute approximate surface area is 237 Å². The van der Waals surface area contributed by atoms with Gasteiger partial charge in [-0.05, 0) is 25.0 Å². The molecule has 222 valence electrons. The third kappa shape index (κ3) is 7.44. The van der Waals surface area contributed by atoms with Crippen molar-refractivity contribution in [3.63, 3.8) is 0 Å². The number of nitrogens with zero attached hydrogens (tertiary/aromatic N) is 3. The summed E-state index contributed by atoms with van der Waals surface area (Å²) < 4.78 is 65.2. The summed E-state index contributed by atoms with van der Waals surface area (Å²) in [6.45, 7) is 3.16. The summed E-state index contributed by atoms with van der Waals surface area (Å²) in [4.78, 5) is 48.2. The second-order valence-corrected chi connectivity index (χ2v) is 11.1. The molecule has 2 aromatic rings. The molecule has 2 aliphatic rings. The van der Waals surface area contributed by atoms with Crippen LogP contribution in [-0.2, 0) is 38.1 Å². The first kappa shape index (κ1) is 30.5. The molecule has 2 fully saturated rings. The molecular formula is C26H28F3N3O8S. The van der Waals surface area contributed by atoms with E-state index in [0.29, 0.717) is 19.3 Å². The summed E-state index contributed by atoms with van der Waals surface area (Å²) in [5.74, 6) is -6.49. The van der Waals surface area contributed by atoms with Gasteiger partial charge in [-0.1, -0.05) is 5.21 Å². The molecule has 0 radical (unpaired) electrons. The molecule has 1 aliphatic carbocycles. The minimum Gasteiger partial charge on any atom is -0.463 e. The summed E-state index contributed by atoms with van der Waals surface area (Å²) in [6.07, 6.45) is -0.0806. The van der Waals surface area contributed by atoms with Gasteiger partial charge in [-0.15, -0.1) is 16.9 Å². The molecule has 11 nitrogen and oxygen atoms in total. The average molecular weight is 600 g/mol. The van der Waals surface area contributed by atoms with E-state index in [1.807, 2.05) is 0 Å². The van der Waals surface area contributed by atoms with Gasteiger partial charge in [-0.25, -0.2) is 17.9 Å². The van der Waals surface area contributed by atoms with Gasteiger partial charge in [-0.3, -0.25) is 19.2 Å². The highest BCUT2D eigenvalue weighted by molar-refractivity contribution is 8.00. The Kier molecular flexibility index (Phi) is 9.68. The Hall–Kier alpha value is -3.46. The summed E-state index contributed by atoms with van der Waals surface area (Å²) in [7, 11) is 0. The van der Waals surface area contributed by atoms with E-state index in [9.17, 15) is 32.3 Å². The molecule has 0 spiro atoms. The Bertz CT molecular complexity index is 1300. The van der Waals surface area contributed by atoms with Crippen LogP contribution in [0.1, 0.15) is 52.5 Å². The second kappa shape index (κ2) is 13.0. The minimum atomic E-state index is -1.65. The van der Waals surface area contributed by atoms with E-state index >= 15 is 0 Å². The van der Waals surface area contributed by atoms with Crippen molar-refractivity contribution in [1.29, 1.82) is 0 Å². The predicted octanol–water partition coefficient (Wildman–Crippen LogP) is 3.30. The van der Waals surface area contributed by atoms with Gasteiger partial charge in [0.2, 0.25) is 0 Å². The largest absolute Gasteiger partial charge is 0.463 e. The maximum Gasteiger partial charge on any atom is 0.303 e. The third-order valence-electron chi connectivity index (χ3n) is 6.53. The van der Waals surface area contributed by atoms with Crippen molar-refractivity contribution < 1.29 is 51.3 Å². The molecular weight excluding hydrogens is 571 g/mol. The van der Waals surface area contributed by atoms with Crippen molar-refractivity contribution in [2.45, 2.75) is 81.5 Å². The first-order valence-electron chi connectivity index (χ1n) is 12.8. The molecule has 4 rings (SSSR count). The van der Waals surface area contributed by atoms with Crippen molar-refractivity contribution in [3.8, 4) is 11.3 Å². The van der Waals surface area contributed by atoms with Crippen LogP contribution in [0.15, 0.2) is 18.3 Å². The number of ketones is 1. The van der Waals surface area contributed by atoms with E-state index < -0.39 is 65.1 Å². The van der Waals surface area contributed by atoms with Crippen molar-refractivity contribution in [1.82, 2.24) is 15.0 Å². The van der Waals surface area contributed by atoms with Crippen LogP contribution in [0.3, 0.4) is 0 Å². The van der Waals surface area contributed by atoms with Crippen LogP contribution in [0, 0.1) is 17.5 Å². The van der Waals surface area contributed by atoms with E-state index in [-0.39, 0.29) is 35.3 Å². The standard InChI is InChI=1S/C26H28F3N3O8S/c1-12(33)37-11-21-24(38-13(2)34)23(32-10-20(30-31-32)15-7-18(27)22(29)19(28)8-15)25(39-14(3)35)26(40-21)41-17-6-4-5-16(36)9-17/h7-8,10,17,21,23-26H,4-6,9,11H2,1-3H3/t17?,21-,23+,24+,25-,26-/m1/s1.